The van der Waals surface area contributed by atoms with Gasteiger partial charge < -0.3 is 10.6 Å². The Morgan fingerprint density at radius 1 is 1.17 bits per heavy atom. The minimum atomic E-state index is -0.380. The number of aromatic nitrogens is 2. The number of rotatable bonds is 5. The molecule has 0 saturated carbocycles. The number of primary amides is 1. The largest absolute Gasteiger partial charge is 0.369 e. The molecule has 2 N–H and O–H groups in total. The highest BCUT2D eigenvalue weighted by Crippen LogP contribution is 2.19. The highest BCUT2D eigenvalue weighted by atomic mass is 16.1. The van der Waals surface area contributed by atoms with Crippen LogP contribution in [-0.4, -0.2) is 46.8 Å². The van der Waals surface area contributed by atoms with Gasteiger partial charge in [0.15, 0.2) is 0 Å². The topological polar surface area (TPSA) is 67.4 Å². The number of piperazine rings is 1. The molecule has 6 heteroatoms. The van der Waals surface area contributed by atoms with Crippen molar-refractivity contribution in [1.82, 2.24) is 14.7 Å². The predicted octanol–water partition coefficient (Wildman–Crippen LogP) is 1.40. The van der Waals surface area contributed by atoms with Crippen molar-refractivity contribution >= 4 is 11.6 Å². The second-order valence-electron chi connectivity index (χ2n) is 6.30. The lowest BCUT2D eigenvalue weighted by Crippen LogP contribution is -2.46. The van der Waals surface area contributed by atoms with Gasteiger partial charge in [0.05, 0.1) is 5.69 Å². The summed E-state index contributed by atoms with van der Waals surface area (Å²) in [6.07, 6.45) is 3.11. The maximum atomic E-state index is 11.2. The summed E-state index contributed by atoms with van der Waals surface area (Å²) >= 11 is 0. The maximum Gasteiger partial charge on any atom is 0.248 e. The van der Waals surface area contributed by atoms with E-state index in [1.165, 1.54) is 11.3 Å². The first-order chi connectivity index (χ1) is 11.6. The van der Waals surface area contributed by atoms with Gasteiger partial charge in [0.2, 0.25) is 5.91 Å². The van der Waals surface area contributed by atoms with Gasteiger partial charge in [-0.2, -0.15) is 5.10 Å². The van der Waals surface area contributed by atoms with Gasteiger partial charge in [-0.25, -0.2) is 0 Å². The second kappa shape index (κ2) is 7.05. The van der Waals surface area contributed by atoms with Gasteiger partial charge >= 0.3 is 0 Å². The van der Waals surface area contributed by atoms with Crippen LogP contribution in [0.15, 0.2) is 30.5 Å². The molecule has 3 rings (SSSR count). The number of nitrogens with zero attached hydrogens (tertiary/aromatic N) is 4. The molecule has 1 aliphatic rings. The van der Waals surface area contributed by atoms with Crippen molar-refractivity contribution in [2.24, 2.45) is 12.8 Å². The van der Waals surface area contributed by atoms with Crippen molar-refractivity contribution in [2.75, 3.05) is 31.1 Å². The number of carbonyl (C=O) groups excluding carboxylic acids is 1. The Morgan fingerprint density at radius 2 is 1.83 bits per heavy atom. The average molecular weight is 327 g/mol. The second-order valence-corrected chi connectivity index (χ2v) is 6.30. The molecule has 24 heavy (non-hydrogen) atoms. The van der Waals surface area contributed by atoms with Gasteiger partial charge in [0.1, 0.15) is 0 Å². The summed E-state index contributed by atoms with van der Waals surface area (Å²) in [6, 6.07) is 7.55. The van der Waals surface area contributed by atoms with Gasteiger partial charge in [0.25, 0.3) is 0 Å². The Labute approximate surface area is 142 Å². The first kappa shape index (κ1) is 16.5. The monoisotopic (exact) mass is 327 g/mol. The normalized spacial score (nSPS) is 15.7. The highest BCUT2D eigenvalue weighted by molar-refractivity contribution is 5.93. The summed E-state index contributed by atoms with van der Waals surface area (Å²) in [7, 11) is 1.98. The van der Waals surface area contributed by atoms with Crippen molar-refractivity contribution in [1.29, 1.82) is 0 Å². The minimum Gasteiger partial charge on any atom is -0.369 e. The lowest BCUT2D eigenvalue weighted by Gasteiger charge is -2.36. The number of hydrogen-bond donors (Lipinski definition) is 1. The summed E-state index contributed by atoms with van der Waals surface area (Å²) < 4.78 is 1.91. The zero-order chi connectivity index (χ0) is 17.1. The van der Waals surface area contributed by atoms with E-state index < -0.39 is 0 Å². The summed E-state index contributed by atoms with van der Waals surface area (Å²) in [6.45, 7) is 7.13. The van der Waals surface area contributed by atoms with Crippen LogP contribution in [0.25, 0.3) is 0 Å². The van der Waals surface area contributed by atoms with Gasteiger partial charge in [-0.3, -0.25) is 14.4 Å². The van der Waals surface area contributed by atoms with Gasteiger partial charge in [0, 0.05) is 62.8 Å². The molecule has 0 atom stereocenters. The molecular formula is C18H25N5O. The molecule has 1 fully saturated rings. The van der Waals surface area contributed by atoms with Crippen molar-refractivity contribution < 1.29 is 4.79 Å². The Hall–Kier alpha value is -2.34. The van der Waals surface area contributed by atoms with E-state index >= 15 is 0 Å². The molecule has 0 spiro atoms. The maximum absolute atomic E-state index is 11.2. The SMILES string of the molecule is CCc1nn(C)cc1CN1CCN(c2ccc(C(N)=O)cc2)CC1. The first-order valence-corrected chi connectivity index (χ1v) is 8.45. The van der Waals surface area contributed by atoms with E-state index in [1.54, 1.807) is 12.1 Å². The van der Waals surface area contributed by atoms with E-state index in [0.717, 1.165) is 44.8 Å². The van der Waals surface area contributed by atoms with Gasteiger partial charge in [-0.1, -0.05) is 6.92 Å². The molecule has 1 saturated heterocycles. The van der Waals surface area contributed by atoms with Crippen LogP contribution in [0.5, 0.6) is 0 Å². The van der Waals surface area contributed by atoms with Gasteiger partial charge in [-0.05, 0) is 30.7 Å². The summed E-state index contributed by atoms with van der Waals surface area (Å²) in [5, 5.41) is 4.52. The molecule has 1 amide bonds. The van der Waals surface area contributed by atoms with E-state index in [2.05, 4.69) is 28.0 Å². The molecule has 0 unspecified atom stereocenters. The third-order valence-corrected chi connectivity index (χ3v) is 4.61. The Morgan fingerprint density at radius 3 is 2.42 bits per heavy atom. The molecule has 0 bridgehead atoms. The lowest BCUT2D eigenvalue weighted by molar-refractivity contribution is 0.100. The van der Waals surface area contributed by atoms with Crippen LogP contribution < -0.4 is 10.6 Å². The third-order valence-electron chi connectivity index (χ3n) is 4.61. The zero-order valence-corrected chi connectivity index (χ0v) is 14.4. The Kier molecular flexibility index (Phi) is 4.85. The van der Waals surface area contributed by atoms with E-state index in [-0.39, 0.29) is 5.91 Å². The summed E-state index contributed by atoms with van der Waals surface area (Å²) in [5.41, 5.74) is 9.53. The van der Waals surface area contributed by atoms with Crippen molar-refractivity contribution in [3.63, 3.8) is 0 Å². The predicted molar refractivity (Wildman–Crippen MR) is 95.0 cm³/mol. The minimum absolute atomic E-state index is 0.380. The quantitative estimate of drug-likeness (QED) is 0.901. The number of anilines is 1. The number of hydrogen-bond acceptors (Lipinski definition) is 4. The average Bonchev–Trinajstić information content (AvgIpc) is 2.95. The first-order valence-electron chi connectivity index (χ1n) is 8.45. The Balaban J connectivity index is 1.58. The molecule has 1 aromatic carbocycles. The molecule has 1 aliphatic heterocycles. The Bertz CT molecular complexity index is 699. The fraction of sp³-hybridized carbons (Fsp3) is 0.444. The van der Waals surface area contributed by atoms with E-state index in [0.29, 0.717) is 5.56 Å². The molecule has 0 radical (unpaired) electrons. The van der Waals surface area contributed by atoms with Crippen LogP contribution in [-0.2, 0) is 20.0 Å². The number of aryl methyl sites for hydroxylation is 2. The van der Waals surface area contributed by atoms with Crippen molar-refractivity contribution in [3.05, 3.63) is 47.3 Å². The third kappa shape index (κ3) is 3.59. The van der Waals surface area contributed by atoms with Gasteiger partial charge in [-0.15, -0.1) is 0 Å². The van der Waals surface area contributed by atoms with Crippen LogP contribution in [0.2, 0.25) is 0 Å². The van der Waals surface area contributed by atoms with Crippen LogP contribution in [0.1, 0.15) is 28.5 Å². The van der Waals surface area contributed by atoms with Crippen LogP contribution in [0.4, 0.5) is 5.69 Å². The summed E-state index contributed by atoms with van der Waals surface area (Å²) in [5.74, 6) is -0.380. The number of carbonyl (C=O) groups is 1. The van der Waals surface area contributed by atoms with Crippen LogP contribution >= 0.6 is 0 Å². The van der Waals surface area contributed by atoms with Crippen LogP contribution in [0, 0.1) is 0 Å². The fourth-order valence-corrected chi connectivity index (χ4v) is 3.25. The van der Waals surface area contributed by atoms with Crippen molar-refractivity contribution in [3.8, 4) is 0 Å². The molecule has 1 aromatic heterocycles. The van der Waals surface area contributed by atoms with Crippen LogP contribution in [0.3, 0.4) is 0 Å². The lowest BCUT2D eigenvalue weighted by atomic mass is 10.1. The highest BCUT2D eigenvalue weighted by Gasteiger charge is 2.19. The number of amides is 1. The number of benzene rings is 1. The fourth-order valence-electron chi connectivity index (χ4n) is 3.25. The molecule has 6 nitrogen and oxygen atoms in total. The smallest absolute Gasteiger partial charge is 0.248 e. The number of nitrogens with two attached hydrogens (primary N) is 1. The zero-order valence-electron chi connectivity index (χ0n) is 14.4. The van der Waals surface area contributed by atoms with E-state index in [1.807, 2.05) is 23.9 Å². The van der Waals surface area contributed by atoms with E-state index in [4.69, 9.17) is 5.73 Å². The standard InChI is InChI=1S/C18H25N5O/c1-3-17-15(12-21(2)20-17)13-22-8-10-23(11-9-22)16-6-4-14(5-7-16)18(19)24/h4-7,12H,3,8-11,13H2,1-2H3,(H2,19,24). The molecule has 2 aromatic rings. The summed E-state index contributed by atoms with van der Waals surface area (Å²) in [4.78, 5) is 16.0. The molecule has 128 valence electrons. The molecule has 0 aliphatic carbocycles. The van der Waals surface area contributed by atoms with Crippen molar-refractivity contribution in [2.45, 2.75) is 19.9 Å². The van der Waals surface area contributed by atoms with E-state index in [9.17, 15) is 4.79 Å². The molecular weight excluding hydrogens is 302 g/mol. The molecule has 2 heterocycles.